The molecule has 3 amide bonds. The number of urea groups is 1. The fourth-order valence-corrected chi connectivity index (χ4v) is 5.37. The first-order valence-corrected chi connectivity index (χ1v) is 9.99. The summed E-state index contributed by atoms with van der Waals surface area (Å²) in [4.78, 5) is 25.5. The van der Waals surface area contributed by atoms with Gasteiger partial charge < -0.3 is 9.88 Å². The van der Waals surface area contributed by atoms with Crippen LogP contribution in [0.2, 0.25) is 0 Å². The molecule has 6 heteroatoms. The van der Waals surface area contributed by atoms with Crippen LogP contribution in [-0.4, -0.2) is 36.1 Å². The molecular weight excluding hydrogens is 340 g/mol. The molecule has 6 nitrogen and oxygen atoms in total. The number of fused-ring (bicyclic) bond motifs is 1. The van der Waals surface area contributed by atoms with Crippen LogP contribution in [0.5, 0.6) is 0 Å². The number of aromatic nitrogens is 1. The molecule has 2 aliphatic heterocycles. The molecular formula is C21H26N4O2. The monoisotopic (exact) mass is 366 g/mol. The number of aryl methyl sites for hydroxylation is 1. The summed E-state index contributed by atoms with van der Waals surface area (Å²) in [6.45, 7) is 4.89. The SMILES string of the molecule is Cc1cc2c(N3CCC(=O)NC3=O)cccc2n1C1CC2(CCNCC2)C1. The number of carbonyl (C=O) groups excluding carboxylic acids is 2. The van der Waals surface area contributed by atoms with E-state index < -0.39 is 0 Å². The fourth-order valence-electron chi connectivity index (χ4n) is 5.37. The summed E-state index contributed by atoms with van der Waals surface area (Å²) in [6, 6.07) is 8.59. The van der Waals surface area contributed by atoms with Crippen LogP contribution in [0.1, 0.15) is 43.8 Å². The van der Waals surface area contributed by atoms with E-state index in [4.69, 9.17) is 0 Å². The van der Waals surface area contributed by atoms with Crippen molar-refractivity contribution < 1.29 is 9.59 Å². The smallest absolute Gasteiger partial charge is 0.328 e. The summed E-state index contributed by atoms with van der Waals surface area (Å²) in [7, 11) is 0. The molecule has 0 bridgehead atoms. The van der Waals surface area contributed by atoms with Crippen molar-refractivity contribution in [3.63, 3.8) is 0 Å². The van der Waals surface area contributed by atoms with E-state index in [9.17, 15) is 9.59 Å². The van der Waals surface area contributed by atoms with Gasteiger partial charge >= 0.3 is 6.03 Å². The van der Waals surface area contributed by atoms with Crippen molar-refractivity contribution >= 4 is 28.5 Å². The predicted molar refractivity (Wildman–Crippen MR) is 105 cm³/mol. The molecule has 0 atom stereocenters. The van der Waals surface area contributed by atoms with Crippen molar-refractivity contribution in [2.45, 2.75) is 45.1 Å². The van der Waals surface area contributed by atoms with Crippen LogP contribution >= 0.6 is 0 Å². The molecule has 5 rings (SSSR count). The number of anilines is 1. The first-order chi connectivity index (χ1) is 13.1. The molecule has 2 saturated heterocycles. The van der Waals surface area contributed by atoms with Gasteiger partial charge in [-0.1, -0.05) is 6.07 Å². The Morgan fingerprint density at radius 1 is 1.15 bits per heavy atom. The minimum Gasteiger partial charge on any atom is -0.342 e. The number of piperidine rings is 1. The van der Waals surface area contributed by atoms with Crippen LogP contribution in [0.3, 0.4) is 0 Å². The van der Waals surface area contributed by atoms with E-state index in [1.807, 2.05) is 12.1 Å². The lowest BCUT2D eigenvalue weighted by atomic mass is 9.60. The molecule has 1 aliphatic carbocycles. The van der Waals surface area contributed by atoms with Gasteiger partial charge in [0.25, 0.3) is 0 Å². The van der Waals surface area contributed by atoms with Crippen LogP contribution in [-0.2, 0) is 4.79 Å². The Labute approximate surface area is 158 Å². The second-order valence-electron chi connectivity index (χ2n) is 8.43. The van der Waals surface area contributed by atoms with E-state index in [-0.39, 0.29) is 11.9 Å². The number of nitrogens with zero attached hydrogens (tertiary/aromatic N) is 2. The molecule has 1 spiro atoms. The van der Waals surface area contributed by atoms with E-state index in [0.717, 1.165) is 24.2 Å². The number of benzene rings is 1. The topological polar surface area (TPSA) is 66.4 Å². The van der Waals surface area contributed by atoms with Gasteiger partial charge in [-0.15, -0.1) is 0 Å². The second kappa shape index (κ2) is 6.09. The van der Waals surface area contributed by atoms with Crippen LogP contribution in [0.4, 0.5) is 10.5 Å². The number of nitrogens with one attached hydrogen (secondary N) is 2. The third-order valence-electron chi connectivity index (χ3n) is 6.76. The average molecular weight is 366 g/mol. The van der Waals surface area contributed by atoms with Crippen molar-refractivity contribution in [1.82, 2.24) is 15.2 Å². The number of imide groups is 1. The minimum atomic E-state index is -0.318. The third kappa shape index (κ3) is 2.65. The summed E-state index contributed by atoms with van der Waals surface area (Å²) >= 11 is 0. The van der Waals surface area contributed by atoms with E-state index >= 15 is 0 Å². The average Bonchev–Trinajstić information content (AvgIpc) is 2.96. The second-order valence-corrected chi connectivity index (χ2v) is 8.43. The zero-order chi connectivity index (χ0) is 18.6. The number of amides is 3. The molecule has 2 N–H and O–H groups in total. The summed E-state index contributed by atoms with van der Waals surface area (Å²) in [5.74, 6) is -0.195. The number of rotatable bonds is 2. The molecule has 3 fully saturated rings. The molecule has 0 unspecified atom stereocenters. The maximum absolute atomic E-state index is 12.3. The Bertz CT molecular complexity index is 918. The minimum absolute atomic E-state index is 0.195. The van der Waals surface area contributed by atoms with Gasteiger partial charge in [-0.25, -0.2) is 4.79 Å². The fraction of sp³-hybridized carbons (Fsp3) is 0.524. The van der Waals surface area contributed by atoms with Gasteiger partial charge in [0.2, 0.25) is 5.91 Å². The Kier molecular flexibility index (Phi) is 3.79. The highest BCUT2D eigenvalue weighted by molar-refractivity contribution is 6.09. The first kappa shape index (κ1) is 16.8. The van der Waals surface area contributed by atoms with Crippen molar-refractivity contribution in [3.05, 3.63) is 30.0 Å². The highest BCUT2D eigenvalue weighted by Gasteiger charge is 2.45. The lowest BCUT2D eigenvalue weighted by molar-refractivity contribution is -0.120. The van der Waals surface area contributed by atoms with Gasteiger partial charge in [0, 0.05) is 30.1 Å². The molecule has 3 heterocycles. The summed E-state index contributed by atoms with van der Waals surface area (Å²) < 4.78 is 2.47. The molecule has 27 heavy (non-hydrogen) atoms. The van der Waals surface area contributed by atoms with Gasteiger partial charge in [0.15, 0.2) is 0 Å². The van der Waals surface area contributed by atoms with E-state index in [1.54, 1.807) is 4.90 Å². The van der Waals surface area contributed by atoms with Crippen molar-refractivity contribution in [3.8, 4) is 0 Å². The number of hydrogen-bond donors (Lipinski definition) is 2. The van der Waals surface area contributed by atoms with Gasteiger partial charge in [0.1, 0.15) is 0 Å². The van der Waals surface area contributed by atoms with Crippen LogP contribution in [0, 0.1) is 12.3 Å². The molecule has 2 aromatic rings. The summed E-state index contributed by atoms with van der Waals surface area (Å²) in [5, 5.41) is 7.01. The van der Waals surface area contributed by atoms with Crippen LogP contribution in [0.15, 0.2) is 24.3 Å². The Morgan fingerprint density at radius 3 is 2.67 bits per heavy atom. The maximum atomic E-state index is 12.3. The Morgan fingerprint density at radius 2 is 1.93 bits per heavy atom. The highest BCUT2D eigenvalue weighted by Crippen LogP contribution is 2.55. The normalized spacial score (nSPS) is 22.9. The van der Waals surface area contributed by atoms with Crippen molar-refractivity contribution in [2.24, 2.45) is 5.41 Å². The van der Waals surface area contributed by atoms with E-state index in [1.165, 1.54) is 36.9 Å². The molecule has 1 aromatic carbocycles. The van der Waals surface area contributed by atoms with E-state index in [2.05, 4.69) is 34.3 Å². The van der Waals surface area contributed by atoms with Gasteiger partial charge in [-0.05, 0) is 69.3 Å². The zero-order valence-corrected chi connectivity index (χ0v) is 15.8. The first-order valence-electron chi connectivity index (χ1n) is 9.99. The quantitative estimate of drug-likeness (QED) is 0.858. The maximum Gasteiger partial charge on any atom is 0.328 e. The largest absolute Gasteiger partial charge is 0.342 e. The predicted octanol–water partition coefficient (Wildman–Crippen LogP) is 3.10. The molecule has 3 aliphatic rings. The van der Waals surface area contributed by atoms with Gasteiger partial charge in [-0.2, -0.15) is 0 Å². The molecule has 1 aromatic heterocycles. The summed E-state index contributed by atoms with van der Waals surface area (Å²) in [6.07, 6.45) is 5.43. The number of carbonyl (C=O) groups is 2. The lowest BCUT2D eigenvalue weighted by Crippen LogP contribution is -2.49. The van der Waals surface area contributed by atoms with Crippen molar-refractivity contribution in [1.29, 1.82) is 0 Å². The van der Waals surface area contributed by atoms with Crippen molar-refractivity contribution in [2.75, 3.05) is 24.5 Å². The summed E-state index contributed by atoms with van der Waals surface area (Å²) in [5.41, 5.74) is 3.88. The molecule has 1 saturated carbocycles. The third-order valence-corrected chi connectivity index (χ3v) is 6.76. The zero-order valence-electron chi connectivity index (χ0n) is 15.8. The number of hydrogen-bond acceptors (Lipinski definition) is 3. The Balaban J connectivity index is 1.48. The Hall–Kier alpha value is -2.34. The van der Waals surface area contributed by atoms with Crippen LogP contribution < -0.4 is 15.5 Å². The molecule has 142 valence electrons. The highest BCUT2D eigenvalue weighted by atomic mass is 16.2. The van der Waals surface area contributed by atoms with Crippen LogP contribution in [0.25, 0.3) is 10.9 Å². The van der Waals surface area contributed by atoms with Gasteiger partial charge in [-0.3, -0.25) is 15.0 Å². The standard InChI is InChI=1S/C21H26N4O2/c1-14-11-16-17(24-10-5-19(26)23-20(24)27)3-2-4-18(16)25(14)15-12-21(13-15)6-8-22-9-7-21/h2-4,11,15,22H,5-10,12-13H2,1H3,(H,23,26,27). The van der Waals surface area contributed by atoms with E-state index in [0.29, 0.717) is 24.4 Å². The van der Waals surface area contributed by atoms with Gasteiger partial charge in [0.05, 0.1) is 11.2 Å². The molecule has 0 radical (unpaired) electrons. The lowest BCUT2D eigenvalue weighted by Gasteiger charge is -2.51.